The van der Waals surface area contributed by atoms with Crippen molar-refractivity contribution in [1.82, 2.24) is 15.1 Å². The summed E-state index contributed by atoms with van der Waals surface area (Å²) < 4.78 is 2.76. The Hall–Kier alpha value is -0.840. The fourth-order valence-corrected chi connectivity index (χ4v) is 2.58. The maximum Gasteiger partial charge on any atom is 0.0643 e. The number of aromatic nitrogens is 2. The average molecular weight is 343 g/mol. The number of likely N-dealkylation sites (N-methyl/N-ethyl adjacent to an activating group) is 1. The summed E-state index contributed by atoms with van der Waals surface area (Å²) in [6.07, 6.45) is 2.83. The molecular weight excluding hydrogens is 326 g/mol. The van der Waals surface area contributed by atoms with Crippen LogP contribution in [0, 0.1) is 0 Å². The van der Waals surface area contributed by atoms with Crippen LogP contribution < -0.4 is 5.32 Å². The Morgan fingerprint density at radius 2 is 2.21 bits per heavy atom. The van der Waals surface area contributed by atoms with Crippen molar-refractivity contribution in [3.05, 3.63) is 51.2 Å². The molecule has 3 nitrogen and oxygen atoms in total. The van der Waals surface area contributed by atoms with Gasteiger partial charge in [-0.2, -0.15) is 5.10 Å². The van der Waals surface area contributed by atoms with E-state index < -0.39 is 0 Å². The molecule has 0 aliphatic rings. The van der Waals surface area contributed by atoms with Crippen LogP contribution in [-0.4, -0.2) is 16.3 Å². The highest BCUT2D eigenvalue weighted by Gasteiger charge is 2.13. The molecule has 19 heavy (non-hydrogen) atoms. The number of rotatable bonds is 5. The third-order valence-corrected chi connectivity index (χ3v) is 4.19. The zero-order valence-corrected chi connectivity index (χ0v) is 13.4. The largest absolute Gasteiger partial charge is 0.310 e. The zero-order chi connectivity index (χ0) is 13.8. The van der Waals surface area contributed by atoms with E-state index in [-0.39, 0.29) is 6.04 Å². The first kappa shape index (κ1) is 14.6. The maximum absolute atomic E-state index is 6.04. The van der Waals surface area contributed by atoms with Crippen LogP contribution in [0.25, 0.3) is 0 Å². The second-order valence-corrected chi connectivity index (χ2v) is 5.73. The Kier molecular flexibility index (Phi) is 5.02. The molecule has 0 amide bonds. The van der Waals surface area contributed by atoms with Crippen LogP contribution in [0.2, 0.25) is 5.02 Å². The lowest BCUT2D eigenvalue weighted by molar-refractivity contribution is 0.539. The summed E-state index contributed by atoms with van der Waals surface area (Å²) in [7, 11) is 1.94. The van der Waals surface area contributed by atoms with Crippen LogP contribution in [0.3, 0.4) is 0 Å². The van der Waals surface area contributed by atoms with E-state index >= 15 is 0 Å². The van der Waals surface area contributed by atoms with Gasteiger partial charge in [0.1, 0.15) is 0 Å². The lowest BCUT2D eigenvalue weighted by atomic mass is 10.0. The average Bonchev–Trinajstić information content (AvgIpc) is 2.78. The van der Waals surface area contributed by atoms with Crippen LogP contribution >= 0.6 is 27.5 Å². The Labute approximate surface area is 127 Å². The lowest BCUT2D eigenvalue weighted by Crippen LogP contribution is -2.23. The molecule has 0 fully saturated rings. The van der Waals surface area contributed by atoms with E-state index in [4.69, 9.17) is 11.6 Å². The van der Waals surface area contributed by atoms with Gasteiger partial charge in [0, 0.05) is 30.2 Å². The minimum atomic E-state index is 0.244. The topological polar surface area (TPSA) is 29.9 Å². The summed E-state index contributed by atoms with van der Waals surface area (Å²) in [4.78, 5) is 0. The van der Waals surface area contributed by atoms with Gasteiger partial charge < -0.3 is 5.32 Å². The smallest absolute Gasteiger partial charge is 0.0643 e. The number of nitrogens with one attached hydrogen (secondary N) is 1. The van der Waals surface area contributed by atoms with Gasteiger partial charge in [-0.1, -0.05) is 24.6 Å². The standard InChI is InChI=1S/C14H17BrClN3/c1-3-17-14(9-11-6-7-19(2)18-11)10-4-5-13(16)12(15)8-10/h4-8,14,17H,3,9H2,1-2H3. The minimum Gasteiger partial charge on any atom is -0.310 e. The third kappa shape index (κ3) is 3.81. The molecule has 0 saturated heterocycles. The summed E-state index contributed by atoms with van der Waals surface area (Å²) in [5.74, 6) is 0. The van der Waals surface area contributed by atoms with Crippen molar-refractivity contribution >= 4 is 27.5 Å². The molecule has 1 aromatic heterocycles. The Morgan fingerprint density at radius 1 is 1.42 bits per heavy atom. The first-order valence-corrected chi connectivity index (χ1v) is 7.44. The first-order valence-electron chi connectivity index (χ1n) is 6.27. The molecule has 1 aromatic carbocycles. The summed E-state index contributed by atoms with van der Waals surface area (Å²) >= 11 is 9.52. The van der Waals surface area contributed by atoms with Crippen LogP contribution in [0.1, 0.15) is 24.2 Å². The Morgan fingerprint density at radius 3 is 2.79 bits per heavy atom. The number of nitrogens with zero attached hydrogens (tertiary/aromatic N) is 2. The number of halogens is 2. The van der Waals surface area contributed by atoms with Crippen molar-refractivity contribution < 1.29 is 0 Å². The van der Waals surface area contributed by atoms with E-state index in [1.807, 2.05) is 24.0 Å². The van der Waals surface area contributed by atoms with E-state index in [1.54, 1.807) is 0 Å². The molecule has 1 unspecified atom stereocenters. The van der Waals surface area contributed by atoms with Gasteiger partial charge in [-0.05, 0) is 46.2 Å². The molecule has 0 bridgehead atoms. The first-order chi connectivity index (χ1) is 9.10. The number of hydrogen-bond acceptors (Lipinski definition) is 2. The van der Waals surface area contributed by atoms with Crippen molar-refractivity contribution in [1.29, 1.82) is 0 Å². The van der Waals surface area contributed by atoms with E-state index in [2.05, 4.69) is 51.5 Å². The summed E-state index contributed by atoms with van der Waals surface area (Å²) in [5, 5.41) is 8.66. The van der Waals surface area contributed by atoms with Crippen LogP contribution in [-0.2, 0) is 13.5 Å². The molecule has 1 N–H and O–H groups in total. The molecule has 1 heterocycles. The van der Waals surface area contributed by atoms with Crippen LogP contribution in [0.4, 0.5) is 0 Å². The van der Waals surface area contributed by atoms with Crippen molar-refractivity contribution in [2.75, 3.05) is 6.54 Å². The molecule has 0 radical (unpaired) electrons. The van der Waals surface area contributed by atoms with Crippen LogP contribution in [0.5, 0.6) is 0 Å². The molecule has 0 spiro atoms. The van der Waals surface area contributed by atoms with Gasteiger partial charge in [-0.25, -0.2) is 0 Å². The second-order valence-electron chi connectivity index (χ2n) is 4.47. The second kappa shape index (κ2) is 6.55. The fourth-order valence-electron chi connectivity index (χ4n) is 2.06. The summed E-state index contributed by atoms with van der Waals surface area (Å²) in [6, 6.07) is 8.34. The van der Waals surface area contributed by atoms with Crippen molar-refractivity contribution in [2.45, 2.75) is 19.4 Å². The Balaban J connectivity index is 2.21. The predicted molar refractivity (Wildman–Crippen MR) is 82.5 cm³/mol. The lowest BCUT2D eigenvalue weighted by Gasteiger charge is -2.18. The van der Waals surface area contributed by atoms with E-state index in [0.717, 1.165) is 28.2 Å². The Bertz CT molecular complexity index is 553. The van der Waals surface area contributed by atoms with Crippen molar-refractivity contribution in [3.8, 4) is 0 Å². The zero-order valence-electron chi connectivity index (χ0n) is 11.0. The SMILES string of the molecule is CCNC(Cc1ccn(C)n1)c1ccc(Cl)c(Br)c1. The predicted octanol–water partition coefficient (Wildman–Crippen LogP) is 3.73. The molecule has 5 heteroatoms. The maximum atomic E-state index is 6.04. The molecular formula is C14H17BrClN3. The van der Waals surface area contributed by atoms with Crippen molar-refractivity contribution in [3.63, 3.8) is 0 Å². The quantitative estimate of drug-likeness (QED) is 0.897. The van der Waals surface area contributed by atoms with Gasteiger partial charge in [0.25, 0.3) is 0 Å². The van der Waals surface area contributed by atoms with Gasteiger partial charge in [0.15, 0.2) is 0 Å². The van der Waals surface area contributed by atoms with Gasteiger partial charge in [0.05, 0.1) is 10.7 Å². The van der Waals surface area contributed by atoms with Gasteiger partial charge >= 0.3 is 0 Å². The third-order valence-electron chi connectivity index (χ3n) is 2.98. The molecule has 2 aromatic rings. The molecule has 2 rings (SSSR count). The summed E-state index contributed by atoms with van der Waals surface area (Å²) in [6.45, 7) is 3.02. The highest BCUT2D eigenvalue weighted by Crippen LogP contribution is 2.27. The minimum absolute atomic E-state index is 0.244. The molecule has 0 aliphatic carbocycles. The molecule has 102 valence electrons. The van der Waals surface area contributed by atoms with Crippen molar-refractivity contribution in [2.24, 2.45) is 7.05 Å². The number of benzene rings is 1. The van der Waals surface area contributed by atoms with E-state index in [1.165, 1.54) is 5.56 Å². The fraction of sp³-hybridized carbons (Fsp3) is 0.357. The summed E-state index contributed by atoms with van der Waals surface area (Å²) in [5.41, 5.74) is 2.29. The van der Waals surface area contributed by atoms with Gasteiger partial charge in [-0.3, -0.25) is 4.68 Å². The van der Waals surface area contributed by atoms with Gasteiger partial charge in [0.2, 0.25) is 0 Å². The van der Waals surface area contributed by atoms with Gasteiger partial charge in [-0.15, -0.1) is 0 Å². The van der Waals surface area contributed by atoms with Crippen LogP contribution in [0.15, 0.2) is 34.9 Å². The normalized spacial score (nSPS) is 12.6. The van der Waals surface area contributed by atoms with E-state index in [0.29, 0.717) is 0 Å². The number of hydrogen-bond donors (Lipinski definition) is 1. The molecule has 1 atom stereocenters. The molecule has 0 aliphatic heterocycles. The van der Waals surface area contributed by atoms with E-state index in [9.17, 15) is 0 Å². The highest BCUT2D eigenvalue weighted by molar-refractivity contribution is 9.10. The number of aryl methyl sites for hydroxylation is 1. The molecule has 0 saturated carbocycles. The monoisotopic (exact) mass is 341 g/mol. The highest BCUT2D eigenvalue weighted by atomic mass is 79.9.